The molecule has 0 saturated heterocycles. The Hall–Kier alpha value is -0.790. The molecule has 2 heteroatoms. The van der Waals surface area contributed by atoms with Crippen molar-refractivity contribution >= 4 is 5.97 Å². The number of allylic oxidation sites excluding steroid dienone is 1. The van der Waals surface area contributed by atoms with E-state index in [0.29, 0.717) is 10.8 Å². The summed E-state index contributed by atoms with van der Waals surface area (Å²) in [6.07, 6.45) is 17.2. The van der Waals surface area contributed by atoms with E-state index in [9.17, 15) is 4.79 Å². The highest BCUT2D eigenvalue weighted by Crippen LogP contribution is 2.67. The first-order valence-electron chi connectivity index (χ1n) is 13.5. The minimum absolute atomic E-state index is 0.115. The van der Waals surface area contributed by atoms with Crippen LogP contribution in [0, 0.1) is 46.3 Å². The second-order valence-corrected chi connectivity index (χ2v) is 12.8. The number of hydrogen-bond donors (Lipinski definition) is 0. The number of hydrogen-bond acceptors (Lipinski definition) is 2. The Morgan fingerprint density at radius 1 is 1.06 bits per heavy atom. The van der Waals surface area contributed by atoms with Crippen molar-refractivity contribution in [1.29, 1.82) is 0 Å². The molecule has 3 saturated carbocycles. The van der Waals surface area contributed by atoms with Gasteiger partial charge in [0, 0.05) is 13.3 Å². The lowest BCUT2D eigenvalue weighted by atomic mass is 9.47. The van der Waals surface area contributed by atoms with Crippen LogP contribution in [0.3, 0.4) is 0 Å². The number of ether oxygens (including phenoxy) is 1. The quantitative estimate of drug-likeness (QED) is 0.317. The summed E-state index contributed by atoms with van der Waals surface area (Å²) >= 11 is 0. The third-order valence-corrected chi connectivity index (χ3v) is 10.6. The third kappa shape index (κ3) is 4.26. The molecule has 4 aliphatic rings. The Labute approximate surface area is 192 Å². The summed E-state index contributed by atoms with van der Waals surface area (Å²) in [6, 6.07) is 0. The zero-order valence-electron chi connectivity index (χ0n) is 21.2. The van der Waals surface area contributed by atoms with Crippen molar-refractivity contribution in [2.45, 2.75) is 118 Å². The van der Waals surface area contributed by atoms with E-state index in [1.807, 2.05) is 0 Å². The summed E-state index contributed by atoms with van der Waals surface area (Å²) in [6.45, 7) is 14.1. The molecule has 0 spiro atoms. The smallest absolute Gasteiger partial charge is 0.302 e. The lowest BCUT2D eigenvalue weighted by Crippen LogP contribution is -2.51. The third-order valence-electron chi connectivity index (χ3n) is 10.6. The van der Waals surface area contributed by atoms with Gasteiger partial charge in [-0.25, -0.2) is 0 Å². The van der Waals surface area contributed by atoms with Gasteiger partial charge in [-0.1, -0.05) is 65.5 Å². The number of carbonyl (C=O) groups is 1. The fraction of sp³-hybridized carbons (Fsp3) is 0.897. The number of fused-ring (bicyclic) bond motifs is 5. The molecule has 0 amide bonds. The first-order chi connectivity index (χ1) is 14.6. The fourth-order valence-electron chi connectivity index (χ4n) is 8.99. The van der Waals surface area contributed by atoms with Crippen LogP contribution < -0.4 is 0 Å². The monoisotopic (exact) mass is 428 g/mol. The van der Waals surface area contributed by atoms with Gasteiger partial charge in [-0.15, -0.1) is 0 Å². The SMILES string of the molecule is CC(=O)O[C@H]1CC[C@@]2(C)C(=CCC3C2CC[C@@]2(C)C3CC[C@@H]2[C@H](C)CCCC(C)C)C1. The Kier molecular flexibility index (Phi) is 6.68. The maximum absolute atomic E-state index is 11.5. The summed E-state index contributed by atoms with van der Waals surface area (Å²) in [5.74, 6) is 5.19. The normalized spacial score (nSPS) is 42.9. The van der Waals surface area contributed by atoms with Crippen molar-refractivity contribution in [1.82, 2.24) is 0 Å². The fourth-order valence-corrected chi connectivity index (χ4v) is 8.99. The van der Waals surface area contributed by atoms with Crippen LogP contribution in [0.5, 0.6) is 0 Å². The van der Waals surface area contributed by atoms with Crippen molar-refractivity contribution in [2.75, 3.05) is 0 Å². The highest BCUT2D eigenvalue weighted by atomic mass is 16.5. The first kappa shape index (κ1) is 23.4. The Bertz CT molecular complexity index is 693. The van der Waals surface area contributed by atoms with Crippen LogP contribution >= 0.6 is 0 Å². The van der Waals surface area contributed by atoms with Gasteiger partial charge in [0.05, 0.1) is 0 Å². The van der Waals surface area contributed by atoms with Crippen LogP contribution in [0.4, 0.5) is 0 Å². The molecule has 0 heterocycles. The highest BCUT2D eigenvalue weighted by Gasteiger charge is 2.59. The van der Waals surface area contributed by atoms with E-state index in [-0.39, 0.29) is 12.1 Å². The van der Waals surface area contributed by atoms with Crippen LogP contribution in [0.15, 0.2) is 11.6 Å². The Morgan fingerprint density at radius 2 is 1.84 bits per heavy atom. The topological polar surface area (TPSA) is 26.3 Å². The summed E-state index contributed by atoms with van der Waals surface area (Å²) in [7, 11) is 0. The minimum atomic E-state index is -0.115. The number of rotatable bonds is 6. The second kappa shape index (κ2) is 8.86. The van der Waals surface area contributed by atoms with Crippen molar-refractivity contribution in [3.05, 3.63) is 11.6 Å². The first-order valence-corrected chi connectivity index (χ1v) is 13.5. The molecule has 0 bridgehead atoms. The van der Waals surface area contributed by atoms with Gasteiger partial charge < -0.3 is 4.74 Å². The summed E-state index contributed by atoms with van der Waals surface area (Å²) in [5.41, 5.74) is 2.53. The molecule has 4 aliphatic carbocycles. The van der Waals surface area contributed by atoms with Crippen LogP contribution in [-0.4, -0.2) is 12.1 Å². The molecule has 0 radical (unpaired) electrons. The summed E-state index contributed by atoms with van der Waals surface area (Å²) in [5, 5.41) is 0. The van der Waals surface area contributed by atoms with E-state index < -0.39 is 0 Å². The number of esters is 1. The van der Waals surface area contributed by atoms with E-state index in [2.05, 4.69) is 40.7 Å². The van der Waals surface area contributed by atoms with E-state index in [0.717, 1.165) is 48.3 Å². The van der Waals surface area contributed by atoms with Crippen LogP contribution in [-0.2, 0) is 9.53 Å². The van der Waals surface area contributed by atoms with Crippen LogP contribution in [0.1, 0.15) is 112 Å². The standard InChI is InChI=1S/C29H48O2/c1-19(2)8-7-9-20(3)25-12-13-26-24-11-10-22-18-23(31-21(4)30)14-16-28(22,5)27(24)15-17-29(25,26)6/h10,19-20,23-27H,7-9,11-18H2,1-6H3/t20-,23+,24?,25-,26?,27?,28+,29-/m1/s1. The van der Waals surface area contributed by atoms with Crippen LogP contribution in [0.25, 0.3) is 0 Å². The Balaban J connectivity index is 1.47. The lowest BCUT2D eigenvalue weighted by Gasteiger charge is -2.58. The number of carbonyl (C=O) groups excluding carboxylic acids is 1. The van der Waals surface area contributed by atoms with E-state index in [1.165, 1.54) is 57.8 Å². The second-order valence-electron chi connectivity index (χ2n) is 12.8. The zero-order valence-corrected chi connectivity index (χ0v) is 21.2. The molecule has 8 atom stereocenters. The van der Waals surface area contributed by atoms with Gasteiger partial charge in [0.1, 0.15) is 6.10 Å². The maximum atomic E-state index is 11.5. The average Bonchev–Trinajstić information content (AvgIpc) is 3.05. The van der Waals surface area contributed by atoms with Crippen molar-refractivity contribution in [2.24, 2.45) is 46.3 Å². The molecule has 0 aromatic rings. The lowest BCUT2D eigenvalue weighted by molar-refractivity contribution is -0.148. The van der Waals surface area contributed by atoms with Crippen molar-refractivity contribution < 1.29 is 9.53 Å². The van der Waals surface area contributed by atoms with Gasteiger partial charge in [0.15, 0.2) is 0 Å². The van der Waals surface area contributed by atoms with Gasteiger partial charge in [-0.3, -0.25) is 4.79 Å². The van der Waals surface area contributed by atoms with E-state index in [1.54, 1.807) is 12.5 Å². The van der Waals surface area contributed by atoms with Gasteiger partial charge in [-0.2, -0.15) is 0 Å². The summed E-state index contributed by atoms with van der Waals surface area (Å²) < 4.78 is 5.61. The Morgan fingerprint density at radius 3 is 2.55 bits per heavy atom. The van der Waals surface area contributed by atoms with Gasteiger partial charge in [0.25, 0.3) is 0 Å². The van der Waals surface area contributed by atoms with Gasteiger partial charge >= 0.3 is 5.97 Å². The molecule has 0 aromatic carbocycles. The molecular formula is C29H48O2. The molecule has 3 unspecified atom stereocenters. The van der Waals surface area contributed by atoms with Crippen molar-refractivity contribution in [3.8, 4) is 0 Å². The zero-order chi connectivity index (χ0) is 22.4. The summed E-state index contributed by atoms with van der Waals surface area (Å²) in [4.78, 5) is 11.5. The van der Waals surface area contributed by atoms with Crippen LogP contribution in [0.2, 0.25) is 0 Å². The molecule has 31 heavy (non-hydrogen) atoms. The predicted molar refractivity (Wildman–Crippen MR) is 129 cm³/mol. The maximum Gasteiger partial charge on any atom is 0.302 e. The molecule has 176 valence electrons. The molecule has 0 aliphatic heterocycles. The van der Waals surface area contributed by atoms with Gasteiger partial charge in [-0.05, 0) is 91.3 Å². The van der Waals surface area contributed by atoms with Crippen molar-refractivity contribution in [3.63, 3.8) is 0 Å². The van der Waals surface area contributed by atoms with Gasteiger partial charge in [0.2, 0.25) is 0 Å². The minimum Gasteiger partial charge on any atom is -0.462 e. The predicted octanol–water partition coefficient (Wildman–Crippen LogP) is 7.96. The molecule has 3 fully saturated rings. The van der Waals surface area contributed by atoms with E-state index >= 15 is 0 Å². The molecular weight excluding hydrogens is 380 g/mol. The largest absolute Gasteiger partial charge is 0.462 e. The molecule has 2 nitrogen and oxygen atoms in total. The average molecular weight is 429 g/mol. The molecule has 0 aromatic heterocycles. The van der Waals surface area contributed by atoms with E-state index in [4.69, 9.17) is 4.74 Å². The highest BCUT2D eigenvalue weighted by molar-refractivity contribution is 5.66. The molecule has 0 N–H and O–H groups in total. The molecule has 4 rings (SSSR count).